The molecular formula is C29H23ClF3N3O3S. The van der Waals surface area contributed by atoms with Crippen molar-refractivity contribution in [1.29, 1.82) is 0 Å². The Morgan fingerprint density at radius 3 is 2.27 bits per heavy atom. The van der Waals surface area contributed by atoms with Crippen molar-refractivity contribution in [3.63, 3.8) is 0 Å². The third-order valence-electron chi connectivity index (χ3n) is 6.53. The summed E-state index contributed by atoms with van der Waals surface area (Å²) in [6, 6.07) is 23.1. The molecule has 1 aromatic heterocycles. The van der Waals surface area contributed by atoms with Crippen molar-refractivity contribution in [3.05, 3.63) is 102 Å². The van der Waals surface area contributed by atoms with Crippen LogP contribution in [0, 0.1) is 0 Å². The summed E-state index contributed by atoms with van der Waals surface area (Å²) in [5.74, 6) is -0.735. The first-order valence-corrected chi connectivity index (χ1v) is 14.1. The smallest absolute Gasteiger partial charge is 0.341 e. The molecule has 5 rings (SSSR count). The maximum absolute atomic E-state index is 13.6. The molecular weight excluding hydrogens is 563 g/mol. The molecule has 0 unspecified atom stereocenters. The van der Waals surface area contributed by atoms with Crippen LogP contribution in [-0.4, -0.2) is 25.4 Å². The first kappa shape index (κ1) is 27.5. The fourth-order valence-corrected chi connectivity index (χ4v) is 6.38. The third kappa shape index (κ3) is 5.12. The number of aryl methyl sites for hydroxylation is 1. The maximum atomic E-state index is 13.6. The Bertz CT molecular complexity index is 1840. The van der Waals surface area contributed by atoms with E-state index in [2.05, 4.69) is 9.88 Å². The van der Waals surface area contributed by atoms with E-state index in [1.54, 1.807) is 18.2 Å². The largest absolute Gasteiger partial charge is 0.417 e. The average Bonchev–Trinajstić information content (AvgIpc) is 3.25. The Kier molecular flexibility index (Phi) is 7.24. The quantitative estimate of drug-likeness (QED) is 0.217. The second-order valence-corrected chi connectivity index (χ2v) is 11.3. The fraction of sp³-hybridized carbons (Fsp3) is 0.138. The van der Waals surface area contributed by atoms with Gasteiger partial charge in [0.2, 0.25) is 5.91 Å². The predicted molar refractivity (Wildman–Crippen MR) is 151 cm³/mol. The molecule has 0 aliphatic heterocycles. The Hall–Kier alpha value is -4.02. The molecule has 11 heteroatoms. The molecule has 0 spiro atoms. The highest BCUT2D eigenvalue weighted by atomic mass is 35.5. The number of hydrogen-bond acceptors (Lipinski definition) is 3. The van der Waals surface area contributed by atoms with Gasteiger partial charge in [-0.25, -0.2) is 8.42 Å². The number of anilines is 2. The van der Waals surface area contributed by atoms with Crippen molar-refractivity contribution in [2.75, 3.05) is 16.2 Å². The number of halogens is 4. The molecule has 1 amide bonds. The van der Waals surface area contributed by atoms with Crippen LogP contribution in [0.2, 0.25) is 5.02 Å². The molecule has 206 valence electrons. The van der Waals surface area contributed by atoms with Crippen LogP contribution in [0.5, 0.6) is 0 Å². The minimum Gasteiger partial charge on any atom is -0.341 e. The summed E-state index contributed by atoms with van der Waals surface area (Å²) >= 11 is 5.76. The maximum Gasteiger partial charge on any atom is 0.417 e. The standard InChI is InChI=1S/C29H23ClF3N3O3S/c1-2-35-26-11-7-6-10-22(26)23-16-19(12-15-27(23)35)34-28(37)18-36(40(38,39)21-8-4-3-5-9-21)20-13-14-25(30)24(17-20)29(31,32)33/h3-17H,2,18H2,1H3,(H,34,37). The number of benzene rings is 4. The summed E-state index contributed by atoms with van der Waals surface area (Å²) < 4.78 is 70.7. The van der Waals surface area contributed by atoms with Gasteiger partial charge in [-0.05, 0) is 61.5 Å². The lowest BCUT2D eigenvalue weighted by Gasteiger charge is -2.25. The van der Waals surface area contributed by atoms with Crippen molar-refractivity contribution in [3.8, 4) is 0 Å². The summed E-state index contributed by atoms with van der Waals surface area (Å²) in [6.45, 7) is 2.00. The van der Waals surface area contributed by atoms with E-state index in [1.165, 1.54) is 24.3 Å². The topological polar surface area (TPSA) is 71.4 Å². The van der Waals surface area contributed by atoms with Crippen molar-refractivity contribution in [1.82, 2.24) is 4.57 Å². The molecule has 0 aliphatic carbocycles. The zero-order valence-corrected chi connectivity index (χ0v) is 22.7. The van der Waals surface area contributed by atoms with Gasteiger partial charge in [0.25, 0.3) is 10.0 Å². The summed E-state index contributed by atoms with van der Waals surface area (Å²) in [6.07, 6.45) is -4.83. The van der Waals surface area contributed by atoms with Crippen LogP contribution < -0.4 is 9.62 Å². The van der Waals surface area contributed by atoms with Gasteiger partial charge in [0.1, 0.15) is 6.54 Å². The summed E-state index contributed by atoms with van der Waals surface area (Å²) in [4.78, 5) is 13.0. The van der Waals surface area contributed by atoms with Crippen LogP contribution in [0.1, 0.15) is 12.5 Å². The van der Waals surface area contributed by atoms with Crippen LogP contribution >= 0.6 is 11.6 Å². The number of carbonyl (C=O) groups excluding carboxylic acids is 1. The number of hydrogen-bond donors (Lipinski definition) is 1. The van der Waals surface area contributed by atoms with E-state index < -0.39 is 39.2 Å². The molecule has 40 heavy (non-hydrogen) atoms. The SMILES string of the molecule is CCn1c2ccccc2c2cc(NC(=O)CN(c3ccc(Cl)c(C(F)(F)F)c3)S(=O)(=O)c3ccccc3)ccc21. The van der Waals surface area contributed by atoms with Gasteiger partial charge in [-0.2, -0.15) is 13.2 Å². The van der Waals surface area contributed by atoms with Crippen molar-refractivity contribution in [2.45, 2.75) is 24.5 Å². The number of nitrogens with zero attached hydrogens (tertiary/aromatic N) is 2. The van der Waals surface area contributed by atoms with Crippen LogP contribution in [0.4, 0.5) is 24.5 Å². The number of alkyl halides is 3. The van der Waals surface area contributed by atoms with E-state index in [9.17, 15) is 26.4 Å². The van der Waals surface area contributed by atoms with Gasteiger partial charge in [0.05, 0.1) is 21.2 Å². The number of fused-ring (bicyclic) bond motifs is 3. The lowest BCUT2D eigenvalue weighted by molar-refractivity contribution is -0.137. The summed E-state index contributed by atoms with van der Waals surface area (Å²) in [5, 5.41) is 4.01. The summed E-state index contributed by atoms with van der Waals surface area (Å²) in [7, 11) is -4.42. The Morgan fingerprint density at radius 1 is 0.900 bits per heavy atom. The molecule has 0 fully saturated rings. The number of carbonyl (C=O) groups is 1. The molecule has 0 saturated carbocycles. The van der Waals surface area contributed by atoms with Crippen molar-refractivity contribution < 1.29 is 26.4 Å². The van der Waals surface area contributed by atoms with Crippen LogP contribution in [0.3, 0.4) is 0 Å². The Balaban J connectivity index is 1.52. The highest BCUT2D eigenvalue weighted by molar-refractivity contribution is 7.92. The normalized spacial score (nSPS) is 12.1. The highest BCUT2D eigenvalue weighted by Crippen LogP contribution is 2.38. The predicted octanol–water partition coefficient (Wildman–Crippen LogP) is 7.32. The highest BCUT2D eigenvalue weighted by Gasteiger charge is 2.35. The molecule has 0 radical (unpaired) electrons. The van der Waals surface area contributed by atoms with E-state index in [1.807, 2.05) is 37.3 Å². The van der Waals surface area contributed by atoms with Gasteiger partial charge in [-0.1, -0.05) is 48.0 Å². The number of rotatable bonds is 7. The van der Waals surface area contributed by atoms with E-state index in [0.29, 0.717) is 16.1 Å². The van der Waals surface area contributed by atoms with Gasteiger partial charge in [-0.15, -0.1) is 0 Å². The third-order valence-corrected chi connectivity index (χ3v) is 8.65. The zero-order valence-electron chi connectivity index (χ0n) is 21.1. The van der Waals surface area contributed by atoms with Gasteiger partial charge in [0.15, 0.2) is 0 Å². The minimum atomic E-state index is -4.83. The second kappa shape index (κ2) is 10.5. The van der Waals surface area contributed by atoms with Gasteiger partial charge >= 0.3 is 6.18 Å². The second-order valence-electron chi connectivity index (χ2n) is 9.03. The Morgan fingerprint density at radius 2 is 1.57 bits per heavy atom. The molecule has 1 heterocycles. The van der Waals surface area contributed by atoms with E-state index in [-0.39, 0.29) is 10.6 Å². The van der Waals surface area contributed by atoms with Crippen molar-refractivity contribution in [2.24, 2.45) is 0 Å². The van der Waals surface area contributed by atoms with E-state index >= 15 is 0 Å². The van der Waals surface area contributed by atoms with E-state index in [4.69, 9.17) is 11.6 Å². The van der Waals surface area contributed by atoms with Gasteiger partial charge in [-0.3, -0.25) is 9.10 Å². The van der Waals surface area contributed by atoms with Gasteiger partial charge in [0, 0.05) is 34.0 Å². The number of aromatic nitrogens is 1. The molecule has 4 aromatic carbocycles. The van der Waals surface area contributed by atoms with Crippen molar-refractivity contribution >= 4 is 60.7 Å². The minimum absolute atomic E-state index is 0.180. The monoisotopic (exact) mass is 585 g/mol. The van der Waals surface area contributed by atoms with Crippen LogP contribution in [0.25, 0.3) is 21.8 Å². The lowest BCUT2D eigenvalue weighted by atomic mass is 10.1. The first-order valence-electron chi connectivity index (χ1n) is 12.3. The van der Waals surface area contributed by atoms with Gasteiger partial charge < -0.3 is 9.88 Å². The Labute approximate surface area is 233 Å². The molecule has 0 saturated heterocycles. The molecule has 0 bridgehead atoms. The molecule has 0 aliphatic rings. The molecule has 1 N–H and O–H groups in total. The first-order chi connectivity index (χ1) is 19.0. The number of para-hydroxylation sites is 1. The fourth-order valence-electron chi connectivity index (χ4n) is 4.72. The molecule has 6 nitrogen and oxygen atoms in total. The molecule has 5 aromatic rings. The van der Waals surface area contributed by atoms with Crippen LogP contribution in [-0.2, 0) is 27.5 Å². The number of nitrogens with one attached hydrogen (secondary N) is 1. The molecule has 0 atom stereocenters. The summed E-state index contributed by atoms with van der Waals surface area (Å²) in [5.41, 5.74) is 0.860. The van der Waals surface area contributed by atoms with Crippen LogP contribution in [0.15, 0.2) is 95.9 Å². The zero-order chi connectivity index (χ0) is 28.7. The number of amides is 1. The number of sulfonamides is 1. The lowest BCUT2D eigenvalue weighted by Crippen LogP contribution is -2.38. The average molecular weight is 586 g/mol. The van der Waals surface area contributed by atoms with E-state index in [0.717, 1.165) is 40.5 Å².